The summed E-state index contributed by atoms with van der Waals surface area (Å²) in [5.41, 5.74) is 18.5. The zero-order valence-electron chi connectivity index (χ0n) is 46.6. The fourth-order valence-electron chi connectivity index (χ4n) is 11.4. The first-order valence-electron chi connectivity index (χ1n) is 26.9. The van der Waals surface area contributed by atoms with E-state index in [2.05, 4.69) is 289 Å². The molecule has 1 aromatic heterocycles. The van der Waals surface area contributed by atoms with Crippen molar-refractivity contribution in [2.45, 2.75) is 131 Å². The summed E-state index contributed by atoms with van der Waals surface area (Å²) in [7, 11) is 0. The maximum absolute atomic E-state index is 2.57. The van der Waals surface area contributed by atoms with Crippen molar-refractivity contribution in [1.82, 2.24) is 4.57 Å². The Bertz CT molecular complexity index is 3870. The van der Waals surface area contributed by atoms with Crippen LogP contribution >= 0.6 is 0 Å². The molecule has 1 heterocycles. The quantitative estimate of drug-likeness (QED) is 0.151. The second-order valence-electron chi connectivity index (χ2n) is 26.4. The number of rotatable bonds is 6. The second kappa shape index (κ2) is 17.2. The topological polar surface area (TPSA) is 8.17 Å². The molecule has 372 valence electrons. The van der Waals surface area contributed by atoms with E-state index in [1.807, 2.05) is 0 Å². The first-order valence-corrected chi connectivity index (χ1v) is 26.9. The summed E-state index contributed by atoms with van der Waals surface area (Å²) in [6.45, 7) is 34.8. The Balaban J connectivity index is 1.21. The lowest BCUT2D eigenvalue weighted by Gasteiger charge is -2.32. The van der Waals surface area contributed by atoms with Crippen molar-refractivity contribution in [3.05, 3.63) is 204 Å². The minimum atomic E-state index is -0.0953. The molecule has 74 heavy (non-hydrogen) atoms. The van der Waals surface area contributed by atoms with Gasteiger partial charge in [0.1, 0.15) is 0 Å². The van der Waals surface area contributed by atoms with E-state index >= 15 is 0 Å². The van der Waals surface area contributed by atoms with Crippen LogP contribution in [0.5, 0.6) is 0 Å². The molecule has 0 saturated heterocycles. The molecule has 0 amide bonds. The van der Waals surface area contributed by atoms with Crippen LogP contribution in [0.3, 0.4) is 0 Å². The largest absolute Gasteiger partial charge is 0.309 e. The molecule has 2 nitrogen and oxygen atoms in total. The highest BCUT2D eigenvalue weighted by atomic mass is 15.1. The Morgan fingerprint density at radius 1 is 0.311 bits per heavy atom. The Labute approximate surface area is 441 Å². The Morgan fingerprint density at radius 3 is 1.31 bits per heavy atom. The standard InChI is InChI=1S/C72H74N2/c1-68(2,3)48-25-31-53(32-26-48)73(65-44-52(72(13,14)15)28-36-55(65)54-35-27-49(69(4,5)6)41-58(54)45-19-17-16-18-20-45)61-37-23-46-22-34-57-62(38-24-47-21-33-56(61)66(46)67(47)57)74-63-39-29-50(70(7,8)9)42-59(63)60-43-51(71(10,11)12)30-40-64(60)74/h16-44H,1-15H3. The van der Waals surface area contributed by atoms with Crippen molar-refractivity contribution in [2.24, 2.45) is 0 Å². The van der Waals surface area contributed by atoms with Crippen LogP contribution < -0.4 is 4.90 Å². The maximum Gasteiger partial charge on any atom is 0.0543 e. The minimum absolute atomic E-state index is 0.00485. The molecule has 0 atom stereocenters. The third-order valence-electron chi connectivity index (χ3n) is 16.0. The number of aromatic nitrogens is 1. The lowest BCUT2D eigenvalue weighted by Crippen LogP contribution is -2.17. The van der Waals surface area contributed by atoms with E-state index in [4.69, 9.17) is 0 Å². The molecular weight excluding hydrogens is 893 g/mol. The van der Waals surface area contributed by atoms with Crippen molar-refractivity contribution in [3.8, 4) is 27.9 Å². The van der Waals surface area contributed by atoms with Crippen LogP contribution in [-0.2, 0) is 27.1 Å². The van der Waals surface area contributed by atoms with Crippen LogP contribution in [0.2, 0.25) is 0 Å². The summed E-state index contributed by atoms with van der Waals surface area (Å²) in [5, 5.41) is 10.1. The van der Waals surface area contributed by atoms with E-state index in [0.29, 0.717) is 0 Å². The number of fused-ring (bicyclic) bond motifs is 3. The van der Waals surface area contributed by atoms with E-state index < -0.39 is 0 Å². The highest BCUT2D eigenvalue weighted by molar-refractivity contribution is 6.27. The number of nitrogens with zero attached hydrogens (tertiary/aromatic N) is 2. The summed E-state index contributed by atoms with van der Waals surface area (Å²) in [4.78, 5) is 2.57. The molecule has 0 spiro atoms. The fourth-order valence-corrected chi connectivity index (χ4v) is 11.4. The minimum Gasteiger partial charge on any atom is -0.309 e. The molecule has 0 aliphatic carbocycles. The van der Waals surface area contributed by atoms with Gasteiger partial charge in [0, 0.05) is 32.8 Å². The Kier molecular flexibility index (Phi) is 11.4. The average Bonchev–Trinajstić information content (AvgIpc) is 3.68. The molecule has 0 unspecified atom stereocenters. The summed E-state index contributed by atoms with van der Waals surface area (Å²) < 4.78 is 2.54. The van der Waals surface area contributed by atoms with Gasteiger partial charge in [0.2, 0.25) is 0 Å². The van der Waals surface area contributed by atoms with E-state index in [9.17, 15) is 0 Å². The lowest BCUT2D eigenvalue weighted by atomic mass is 9.81. The first kappa shape index (κ1) is 49.1. The summed E-state index contributed by atoms with van der Waals surface area (Å²) in [6.07, 6.45) is 0. The van der Waals surface area contributed by atoms with Crippen molar-refractivity contribution in [1.29, 1.82) is 0 Å². The molecule has 0 N–H and O–H groups in total. The molecular formula is C72H74N2. The molecule has 0 saturated carbocycles. The van der Waals surface area contributed by atoms with E-state index in [-0.39, 0.29) is 27.1 Å². The predicted molar refractivity (Wildman–Crippen MR) is 324 cm³/mol. The number of hydrogen-bond acceptors (Lipinski definition) is 1. The van der Waals surface area contributed by atoms with Crippen LogP contribution in [-0.4, -0.2) is 4.57 Å². The second-order valence-corrected chi connectivity index (χ2v) is 26.4. The summed E-state index contributed by atoms with van der Waals surface area (Å²) >= 11 is 0. The van der Waals surface area contributed by atoms with Crippen LogP contribution in [0.25, 0.3) is 82.1 Å². The van der Waals surface area contributed by atoms with Gasteiger partial charge in [0.05, 0.1) is 28.1 Å². The summed E-state index contributed by atoms with van der Waals surface area (Å²) in [6, 6.07) is 68.0. The van der Waals surface area contributed by atoms with Gasteiger partial charge in [0.25, 0.3) is 0 Å². The van der Waals surface area contributed by atoms with Gasteiger partial charge < -0.3 is 9.47 Å². The van der Waals surface area contributed by atoms with Gasteiger partial charge in [0.15, 0.2) is 0 Å². The van der Waals surface area contributed by atoms with Gasteiger partial charge in [-0.2, -0.15) is 0 Å². The molecule has 11 aromatic rings. The fraction of sp³-hybridized carbons (Fsp3) is 0.278. The van der Waals surface area contributed by atoms with Crippen molar-refractivity contribution < 1.29 is 0 Å². The first-order chi connectivity index (χ1) is 34.9. The predicted octanol–water partition coefficient (Wildman–Crippen LogP) is 21.0. The Hall–Kier alpha value is -7.16. The van der Waals surface area contributed by atoms with Gasteiger partial charge in [-0.05, 0) is 148 Å². The van der Waals surface area contributed by atoms with Gasteiger partial charge in [-0.3, -0.25) is 0 Å². The monoisotopic (exact) mass is 967 g/mol. The number of benzene rings is 10. The van der Waals surface area contributed by atoms with Gasteiger partial charge in [-0.15, -0.1) is 0 Å². The molecule has 0 fully saturated rings. The molecule has 0 radical (unpaired) electrons. The van der Waals surface area contributed by atoms with Crippen molar-refractivity contribution >= 4 is 71.2 Å². The molecule has 10 aromatic carbocycles. The average molecular weight is 967 g/mol. The van der Waals surface area contributed by atoms with E-state index in [1.165, 1.54) is 110 Å². The highest BCUT2D eigenvalue weighted by Crippen LogP contribution is 2.51. The molecule has 0 aliphatic heterocycles. The molecule has 2 heteroatoms. The Morgan fingerprint density at radius 2 is 0.757 bits per heavy atom. The van der Waals surface area contributed by atoms with E-state index in [1.54, 1.807) is 0 Å². The zero-order chi connectivity index (χ0) is 52.4. The van der Waals surface area contributed by atoms with E-state index in [0.717, 1.165) is 17.1 Å². The summed E-state index contributed by atoms with van der Waals surface area (Å²) in [5.74, 6) is 0. The normalized spacial score (nSPS) is 13.1. The highest BCUT2D eigenvalue weighted by Gasteiger charge is 2.28. The zero-order valence-corrected chi connectivity index (χ0v) is 46.6. The molecule has 0 bridgehead atoms. The third kappa shape index (κ3) is 8.45. The van der Waals surface area contributed by atoms with Gasteiger partial charge >= 0.3 is 0 Å². The van der Waals surface area contributed by atoms with Crippen molar-refractivity contribution in [3.63, 3.8) is 0 Å². The number of hydrogen-bond donors (Lipinski definition) is 0. The third-order valence-corrected chi connectivity index (χ3v) is 16.0. The maximum atomic E-state index is 2.57. The van der Waals surface area contributed by atoms with Crippen LogP contribution in [0.1, 0.15) is 132 Å². The van der Waals surface area contributed by atoms with Crippen molar-refractivity contribution in [2.75, 3.05) is 4.90 Å². The van der Waals surface area contributed by atoms with Crippen LogP contribution in [0, 0.1) is 0 Å². The van der Waals surface area contributed by atoms with Gasteiger partial charge in [-0.1, -0.05) is 225 Å². The number of anilines is 3. The lowest BCUT2D eigenvalue weighted by molar-refractivity contribution is 0.589. The van der Waals surface area contributed by atoms with Crippen LogP contribution in [0.4, 0.5) is 17.1 Å². The van der Waals surface area contributed by atoms with Crippen LogP contribution in [0.15, 0.2) is 176 Å². The molecule has 0 aliphatic rings. The smallest absolute Gasteiger partial charge is 0.0543 e. The molecule has 11 rings (SSSR count). The SMILES string of the molecule is CC(C)(C)c1ccc(N(c2cc(C(C)(C)C)ccc2-c2ccc(C(C)(C)C)cc2-c2ccccc2)c2ccc3ccc4c(-n5c6ccc(C(C)(C)C)cc6c6cc(C(C)(C)C)ccc65)ccc5ccc2c3c54)cc1. The van der Waals surface area contributed by atoms with Gasteiger partial charge in [-0.25, -0.2) is 0 Å².